The van der Waals surface area contributed by atoms with Crippen molar-refractivity contribution in [2.24, 2.45) is 5.92 Å². The summed E-state index contributed by atoms with van der Waals surface area (Å²) in [4.78, 5) is 10.1. The standard InChI is InChI=1S/C18H20N2S2/c1-12(2)8-9-21-17-16-15(10-22-18(16)20-11-19-17)14-6-4-13(3)5-7-14/h4-7,10-12H,8-9H2,1-3H3. The molecule has 0 atom stereocenters. The van der Waals surface area contributed by atoms with Crippen LogP contribution in [0.4, 0.5) is 0 Å². The number of fused-ring (bicyclic) bond motifs is 1. The predicted molar refractivity (Wildman–Crippen MR) is 97.8 cm³/mol. The van der Waals surface area contributed by atoms with Gasteiger partial charge in [0, 0.05) is 10.9 Å². The minimum atomic E-state index is 0.726. The number of aryl methyl sites for hydroxylation is 1. The van der Waals surface area contributed by atoms with Crippen molar-refractivity contribution in [2.75, 3.05) is 5.75 Å². The smallest absolute Gasteiger partial charge is 0.128 e. The molecule has 0 saturated carbocycles. The van der Waals surface area contributed by atoms with Gasteiger partial charge in [0.25, 0.3) is 0 Å². The van der Waals surface area contributed by atoms with Crippen molar-refractivity contribution in [1.29, 1.82) is 0 Å². The van der Waals surface area contributed by atoms with E-state index in [4.69, 9.17) is 0 Å². The zero-order valence-electron chi connectivity index (χ0n) is 13.2. The largest absolute Gasteiger partial charge is 0.229 e. The lowest BCUT2D eigenvalue weighted by Gasteiger charge is -2.07. The van der Waals surface area contributed by atoms with Gasteiger partial charge in [0.15, 0.2) is 0 Å². The van der Waals surface area contributed by atoms with Crippen LogP contribution >= 0.6 is 23.1 Å². The van der Waals surface area contributed by atoms with Gasteiger partial charge in [0.05, 0.1) is 5.39 Å². The van der Waals surface area contributed by atoms with Gasteiger partial charge in [-0.3, -0.25) is 0 Å². The first-order valence-electron chi connectivity index (χ1n) is 7.57. The molecule has 1 aromatic carbocycles. The van der Waals surface area contributed by atoms with Crippen molar-refractivity contribution >= 4 is 33.3 Å². The highest BCUT2D eigenvalue weighted by Crippen LogP contribution is 2.38. The molecule has 114 valence electrons. The fourth-order valence-corrected chi connectivity index (χ4v) is 4.53. The van der Waals surface area contributed by atoms with Crippen LogP contribution in [0.1, 0.15) is 25.8 Å². The lowest BCUT2D eigenvalue weighted by molar-refractivity contribution is 0.632. The highest BCUT2D eigenvalue weighted by Gasteiger charge is 2.13. The molecule has 3 rings (SSSR count). The molecule has 2 nitrogen and oxygen atoms in total. The first kappa shape index (κ1) is 15.5. The van der Waals surface area contributed by atoms with Gasteiger partial charge in [0.1, 0.15) is 16.2 Å². The third-order valence-electron chi connectivity index (χ3n) is 3.63. The second kappa shape index (κ2) is 6.80. The van der Waals surface area contributed by atoms with Gasteiger partial charge in [-0.15, -0.1) is 23.1 Å². The Morgan fingerprint density at radius 1 is 1.14 bits per heavy atom. The third-order valence-corrected chi connectivity index (χ3v) is 5.54. The molecule has 22 heavy (non-hydrogen) atoms. The van der Waals surface area contributed by atoms with Crippen LogP contribution in [0.15, 0.2) is 41.0 Å². The summed E-state index contributed by atoms with van der Waals surface area (Å²) in [5.74, 6) is 1.83. The minimum absolute atomic E-state index is 0.726. The molecule has 0 aliphatic heterocycles. The van der Waals surface area contributed by atoms with E-state index in [1.54, 1.807) is 17.7 Å². The fourth-order valence-electron chi connectivity index (χ4n) is 2.29. The van der Waals surface area contributed by atoms with Crippen molar-refractivity contribution in [3.05, 3.63) is 41.5 Å². The molecule has 0 saturated heterocycles. The Morgan fingerprint density at radius 3 is 2.64 bits per heavy atom. The number of nitrogens with zero attached hydrogens (tertiary/aromatic N) is 2. The number of thiophene rings is 1. The number of thioether (sulfide) groups is 1. The maximum Gasteiger partial charge on any atom is 0.128 e. The van der Waals surface area contributed by atoms with Crippen LogP contribution in [0.25, 0.3) is 21.3 Å². The summed E-state index contributed by atoms with van der Waals surface area (Å²) < 4.78 is 0. The highest BCUT2D eigenvalue weighted by molar-refractivity contribution is 7.99. The summed E-state index contributed by atoms with van der Waals surface area (Å²) in [6, 6.07) is 8.70. The SMILES string of the molecule is Cc1ccc(-c2csc3ncnc(SCCC(C)C)c23)cc1. The Bertz CT molecular complexity index is 760. The van der Waals surface area contributed by atoms with Gasteiger partial charge in [-0.05, 0) is 30.6 Å². The molecule has 0 spiro atoms. The molecular weight excluding hydrogens is 308 g/mol. The average molecular weight is 329 g/mol. The van der Waals surface area contributed by atoms with E-state index in [-0.39, 0.29) is 0 Å². The van der Waals surface area contributed by atoms with Crippen LogP contribution in [0, 0.1) is 12.8 Å². The van der Waals surface area contributed by atoms with Gasteiger partial charge in [-0.25, -0.2) is 9.97 Å². The van der Waals surface area contributed by atoms with Crippen LogP contribution in [-0.4, -0.2) is 15.7 Å². The molecule has 3 aromatic rings. The minimum Gasteiger partial charge on any atom is -0.229 e. The Kier molecular flexibility index (Phi) is 4.79. The lowest BCUT2D eigenvalue weighted by Crippen LogP contribution is -1.91. The monoisotopic (exact) mass is 328 g/mol. The van der Waals surface area contributed by atoms with Crippen LogP contribution in [0.2, 0.25) is 0 Å². The maximum absolute atomic E-state index is 4.54. The zero-order valence-corrected chi connectivity index (χ0v) is 14.8. The molecule has 0 aliphatic rings. The van der Waals surface area contributed by atoms with Crippen molar-refractivity contribution in [2.45, 2.75) is 32.2 Å². The summed E-state index contributed by atoms with van der Waals surface area (Å²) in [6.45, 7) is 6.64. The number of aromatic nitrogens is 2. The number of benzene rings is 1. The lowest BCUT2D eigenvalue weighted by atomic mass is 10.1. The molecule has 2 aromatic heterocycles. The topological polar surface area (TPSA) is 25.8 Å². The van der Waals surface area contributed by atoms with Gasteiger partial charge in [-0.1, -0.05) is 43.7 Å². The van der Waals surface area contributed by atoms with Gasteiger partial charge < -0.3 is 0 Å². The summed E-state index contributed by atoms with van der Waals surface area (Å²) in [6.07, 6.45) is 2.90. The second-order valence-electron chi connectivity index (χ2n) is 5.91. The van der Waals surface area contributed by atoms with Gasteiger partial charge >= 0.3 is 0 Å². The summed E-state index contributed by atoms with van der Waals surface area (Å²) >= 11 is 3.55. The van der Waals surface area contributed by atoms with E-state index in [9.17, 15) is 0 Å². The molecule has 0 fully saturated rings. The molecule has 4 heteroatoms. The Morgan fingerprint density at radius 2 is 1.91 bits per heavy atom. The van der Waals surface area contributed by atoms with Crippen molar-refractivity contribution in [3.8, 4) is 11.1 Å². The Balaban J connectivity index is 1.99. The van der Waals surface area contributed by atoms with Crippen molar-refractivity contribution in [3.63, 3.8) is 0 Å². The fraction of sp³-hybridized carbons (Fsp3) is 0.333. The van der Waals surface area contributed by atoms with Crippen molar-refractivity contribution in [1.82, 2.24) is 9.97 Å². The summed E-state index contributed by atoms with van der Waals surface area (Å²) in [5.41, 5.74) is 3.79. The maximum atomic E-state index is 4.54. The molecule has 0 radical (unpaired) electrons. The molecule has 0 amide bonds. The predicted octanol–water partition coefficient (Wildman–Crippen LogP) is 5.80. The third kappa shape index (κ3) is 3.33. The molecule has 0 aliphatic carbocycles. The molecule has 0 unspecified atom stereocenters. The normalized spacial score (nSPS) is 11.5. The first-order chi connectivity index (χ1) is 10.6. The van der Waals surface area contributed by atoms with E-state index in [2.05, 4.69) is 60.4 Å². The van der Waals surface area contributed by atoms with Gasteiger partial charge in [-0.2, -0.15) is 0 Å². The van der Waals surface area contributed by atoms with E-state index in [1.165, 1.54) is 28.5 Å². The Hall–Kier alpha value is -1.39. The van der Waals surface area contributed by atoms with Crippen LogP contribution in [-0.2, 0) is 0 Å². The first-order valence-corrected chi connectivity index (χ1v) is 9.43. The van der Waals surface area contributed by atoms with Crippen LogP contribution in [0.5, 0.6) is 0 Å². The average Bonchev–Trinajstić information content (AvgIpc) is 2.93. The zero-order chi connectivity index (χ0) is 15.5. The van der Waals surface area contributed by atoms with Crippen LogP contribution < -0.4 is 0 Å². The molecular formula is C18H20N2S2. The summed E-state index contributed by atoms with van der Waals surface area (Å²) in [7, 11) is 0. The molecule has 0 bridgehead atoms. The number of rotatable bonds is 5. The van der Waals surface area contributed by atoms with Crippen LogP contribution in [0.3, 0.4) is 0 Å². The highest BCUT2D eigenvalue weighted by atomic mass is 32.2. The number of hydrogen-bond acceptors (Lipinski definition) is 4. The Labute approximate surface area is 140 Å². The van der Waals surface area contributed by atoms with E-state index < -0.39 is 0 Å². The van der Waals surface area contributed by atoms with E-state index in [0.29, 0.717) is 0 Å². The second-order valence-corrected chi connectivity index (χ2v) is 7.85. The summed E-state index contributed by atoms with van der Waals surface area (Å²) in [5, 5.41) is 4.53. The van der Waals surface area contributed by atoms with E-state index in [0.717, 1.165) is 21.5 Å². The van der Waals surface area contributed by atoms with Crippen molar-refractivity contribution < 1.29 is 0 Å². The molecule has 0 N–H and O–H groups in total. The quantitative estimate of drug-likeness (QED) is 0.437. The van der Waals surface area contributed by atoms with E-state index >= 15 is 0 Å². The van der Waals surface area contributed by atoms with E-state index in [1.807, 2.05) is 11.8 Å². The molecule has 2 heterocycles. The number of hydrogen-bond donors (Lipinski definition) is 0. The van der Waals surface area contributed by atoms with Gasteiger partial charge in [0.2, 0.25) is 0 Å².